The van der Waals surface area contributed by atoms with Crippen molar-refractivity contribution in [3.63, 3.8) is 0 Å². The Hall–Kier alpha value is -2.02. The summed E-state index contributed by atoms with van der Waals surface area (Å²) in [4.78, 5) is 14.4. The maximum atomic E-state index is 12.9. The Kier molecular flexibility index (Phi) is 5.03. The second kappa shape index (κ2) is 7.07. The lowest BCUT2D eigenvalue weighted by molar-refractivity contribution is -0.138. The van der Waals surface area contributed by atoms with Crippen molar-refractivity contribution in [2.45, 2.75) is 32.0 Å². The van der Waals surface area contributed by atoms with Crippen LogP contribution in [0, 0.1) is 0 Å². The number of carbonyl (C=O) groups is 1. The molecule has 0 N–H and O–H groups in total. The minimum Gasteiger partial charge on any atom is -0.498 e. The Morgan fingerprint density at radius 2 is 2.08 bits per heavy atom. The first-order valence-electron chi connectivity index (χ1n) is 8.27. The van der Waals surface area contributed by atoms with Crippen LogP contribution in [0.15, 0.2) is 35.6 Å². The Morgan fingerprint density at radius 1 is 1.28 bits per heavy atom. The lowest BCUT2D eigenvalue weighted by Crippen LogP contribution is -2.43. The highest BCUT2D eigenvalue weighted by atomic mass is 19.4. The van der Waals surface area contributed by atoms with Gasteiger partial charge in [0.1, 0.15) is 11.9 Å². The van der Waals surface area contributed by atoms with Gasteiger partial charge in [-0.3, -0.25) is 4.79 Å². The summed E-state index contributed by atoms with van der Waals surface area (Å²) in [5.41, 5.74) is 0.366. The van der Waals surface area contributed by atoms with Crippen molar-refractivity contribution < 1.29 is 27.4 Å². The van der Waals surface area contributed by atoms with Crippen molar-refractivity contribution in [3.05, 3.63) is 46.7 Å². The molecule has 7 heteroatoms. The third-order valence-corrected chi connectivity index (χ3v) is 4.51. The molecule has 2 heterocycles. The molecule has 4 nitrogen and oxygen atoms in total. The van der Waals surface area contributed by atoms with Crippen LogP contribution in [-0.2, 0) is 20.4 Å². The monoisotopic (exact) mass is 355 g/mol. The number of ether oxygens (including phenoxy) is 2. The van der Waals surface area contributed by atoms with E-state index in [0.717, 1.165) is 18.6 Å². The standard InChI is InChI=1S/C18H20F3NO3/c1-12-15(6-3-8-24-12)17(23)22-7-9-25-16(11-22)13-4-2-5-14(10-13)18(19,20)21/h2,4-5,10,16H,3,6-9,11H2,1H3. The van der Waals surface area contributed by atoms with Crippen LogP contribution in [0.5, 0.6) is 0 Å². The summed E-state index contributed by atoms with van der Waals surface area (Å²) in [5, 5.41) is 0. The fourth-order valence-corrected chi connectivity index (χ4v) is 3.14. The first-order valence-corrected chi connectivity index (χ1v) is 8.27. The van der Waals surface area contributed by atoms with Gasteiger partial charge >= 0.3 is 6.18 Å². The van der Waals surface area contributed by atoms with Crippen LogP contribution in [0.25, 0.3) is 0 Å². The van der Waals surface area contributed by atoms with Gasteiger partial charge < -0.3 is 14.4 Å². The fourth-order valence-electron chi connectivity index (χ4n) is 3.14. The molecule has 1 saturated heterocycles. The molecular weight excluding hydrogens is 335 g/mol. The normalized spacial score (nSPS) is 21.9. The molecule has 136 valence electrons. The number of carbonyl (C=O) groups excluding carboxylic acids is 1. The molecule has 1 atom stereocenters. The van der Waals surface area contributed by atoms with E-state index in [0.29, 0.717) is 43.1 Å². The van der Waals surface area contributed by atoms with Gasteiger partial charge in [-0.05, 0) is 37.5 Å². The third-order valence-electron chi connectivity index (χ3n) is 4.51. The molecule has 1 aromatic rings. The quantitative estimate of drug-likeness (QED) is 0.812. The molecule has 3 rings (SSSR count). The van der Waals surface area contributed by atoms with Gasteiger partial charge in [0.25, 0.3) is 5.91 Å². The maximum Gasteiger partial charge on any atom is 0.416 e. The maximum absolute atomic E-state index is 12.9. The first kappa shape index (κ1) is 17.8. The number of nitrogens with zero attached hydrogens (tertiary/aromatic N) is 1. The first-order chi connectivity index (χ1) is 11.9. The number of hydrogen-bond donors (Lipinski definition) is 0. The van der Waals surface area contributed by atoms with Gasteiger partial charge in [-0.25, -0.2) is 0 Å². The van der Waals surface area contributed by atoms with Gasteiger partial charge in [-0.2, -0.15) is 13.2 Å². The second-order valence-electron chi connectivity index (χ2n) is 6.22. The van der Waals surface area contributed by atoms with Crippen molar-refractivity contribution in [2.75, 3.05) is 26.3 Å². The zero-order valence-electron chi connectivity index (χ0n) is 13.9. The van der Waals surface area contributed by atoms with Crippen LogP contribution in [0.4, 0.5) is 13.2 Å². The molecule has 0 aromatic heterocycles. The van der Waals surface area contributed by atoms with Crippen molar-refractivity contribution in [1.82, 2.24) is 4.90 Å². The topological polar surface area (TPSA) is 38.8 Å². The number of allylic oxidation sites excluding steroid dienone is 1. The molecule has 0 radical (unpaired) electrons. The minimum absolute atomic E-state index is 0.113. The number of benzene rings is 1. The van der Waals surface area contributed by atoms with Crippen LogP contribution in [0.3, 0.4) is 0 Å². The van der Waals surface area contributed by atoms with Crippen LogP contribution >= 0.6 is 0 Å². The van der Waals surface area contributed by atoms with E-state index < -0.39 is 17.8 Å². The van der Waals surface area contributed by atoms with E-state index in [2.05, 4.69) is 0 Å². The molecule has 1 fully saturated rings. The van der Waals surface area contributed by atoms with Gasteiger partial charge in [0, 0.05) is 6.54 Å². The molecule has 1 unspecified atom stereocenters. The summed E-state index contributed by atoms with van der Waals surface area (Å²) >= 11 is 0. The SMILES string of the molecule is CC1=C(C(=O)N2CCOC(c3cccc(C(F)(F)F)c3)C2)CCCO1. The number of amides is 1. The molecule has 1 aromatic carbocycles. The summed E-state index contributed by atoms with van der Waals surface area (Å²) in [6.07, 6.45) is -3.51. The Balaban J connectivity index is 1.76. The van der Waals surface area contributed by atoms with Crippen molar-refractivity contribution in [3.8, 4) is 0 Å². The van der Waals surface area contributed by atoms with Gasteiger partial charge in [0.2, 0.25) is 0 Å². The zero-order chi connectivity index (χ0) is 18.0. The molecule has 2 aliphatic heterocycles. The van der Waals surface area contributed by atoms with Gasteiger partial charge in [0.05, 0.1) is 30.9 Å². The third kappa shape index (κ3) is 3.98. The molecule has 1 amide bonds. The number of rotatable bonds is 2. The van der Waals surface area contributed by atoms with Crippen LogP contribution in [0.2, 0.25) is 0 Å². The fraction of sp³-hybridized carbons (Fsp3) is 0.500. The lowest BCUT2D eigenvalue weighted by atomic mass is 10.0. The molecular formula is C18H20F3NO3. The number of alkyl halides is 3. The molecule has 0 saturated carbocycles. The van der Waals surface area contributed by atoms with E-state index in [1.54, 1.807) is 17.9 Å². The smallest absolute Gasteiger partial charge is 0.416 e. The summed E-state index contributed by atoms with van der Waals surface area (Å²) in [5.74, 6) is 0.524. The van der Waals surface area contributed by atoms with Crippen molar-refractivity contribution in [1.29, 1.82) is 0 Å². The largest absolute Gasteiger partial charge is 0.498 e. The summed E-state index contributed by atoms with van der Waals surface area (Å²) in [6.45, 7) is 3.33. The molecule has 2 aliphatic rings. The van der Waals surface area contributed by atoms with Gasteiger partial charge in [-0.1, -0.05) is 12.1 Å². The Morgan fingerprint density at radius 3 is 2.80 bits per heavy atom. The lowest BCUT2D eigenvalue weighted by Gasteiger charge is -2.34. The van der Waals surface area contributed by atoms with Crippen LogP contribution in [-0.4, -0.2) is 37.1 Å². The summed E-state index contributed by atoms with van der Waals surface area (Å²) < 4.78 is 49.8. The summed E-state index contributed by atoms with van der Waals surface area (Å²) in [7, 11) is 0. The van der Waals surface area contributed by atoms with Crippen LogP contribution in [0.1, 0.15) is 37.0 Å². The van der Waals surface area contributed by atoms with E-state index in [-0.39, 0.29) is 12.5 Å². The predicted octanol–water partition coefficient (Wildman–Crippen LogP) is 3.69. The molecule has 0 bridgehead atoms. The highest BCUT2D eigenvalue weighted by molar-refractivity contribution is 5.94. The van der Waals surface area contributed by atoms with Crippen LogP contribution < -0.4 is 0 Å². The predicted molar refractivity (Wildman–Crippen MR) is 84.6 cm³/mol. The van der Waals surface area contributed by atoms with Gasteiger partial charge in [0.15, 0.2) is 0 Å². The van der Waals surface area contributed by atoms with E-state index in [9.17, 15) is 18.0 Å². The zero-order valence-corrected chi connectivity index (χ0v) is 13.9. The number of halogens is 3. The second-order valence-corrected chi connectivity index (χ2v) is 6.22. The highest BCUT2D eigenvalue weighted by Gasteiger charge is 2.33. The number of morpholine rings is 1. The number of hydrogen-bond acceptors (Lipinski definition) is 3. The van der Waals surface area contributed by atoms with Gasteiger partial charge in [-0.15, -0.1) is 0 Å². The average molecular weight is 355 g/mol. The van der Waals surface area contributed by atoms with E-state index in [1.165, 1.54) is 6.07 Å². The highest BCUT2D eigenvalue weighted by Crippen LogP contribution is 2.32. The Bertz CT molecular complexity index is 684. The van der Waals surface area contributed by atoms with E-state index in [1.807, 2.05) is 0 Å². The molecule has 25 heavy (non-hydrogen) atoms. The van der Waals surface area contributed by atoms with E-state index >= 15 is 0 Å². The summed E-state index contributed by atoms with van der Waals surface area (Å²) in [6, 6.07) is 5.09. The molecule has 0 aliphatic carbocycles. The Labute approximate surface area is 144 Å². The average Bonchev–Trinajstić information content (AvgIpc) is 2.61. The van der Waals surface area contributed by atoms with Crippen molar-refractivity contribution in [2.24, 2.45) is 0 Å². The van der Waals surface area contributed by atoms with Crippen molar-refractivity contribution >= 4 is 5.91 Å². The van der Waals surface area contributed by atoms with E-state index in [4.69, 9.17) is 9.47 Å². The molecule has 0 spiro atoms. The minimum atomic E-state index is -4.40.